The maximum Gasteiger partial charge on any atom is 0.228 e. The molecule has 0 aliphatic heterocycles. The van der Waals surface area contributed by atoms with Gasteiger partial charge in [-0.15, -0.1) is 12.4 Å². The lowest BCUT2D eigenvalue weighted by atomic mass is 9.98. The summed E-state index contributed by atoms with van der Waals surface area (Å²) in [6.07, 6.45) is 0.862. The number of nitrogens with one attached hydrogen (secondary N) is 1. The zero-order valence-electron chi connectivity index (χ0n) is 11.1. The molecule has 0 aliphatic rings. The second kappa shape index (κ2) is 8.74. The predicted octanol–water partition coefficient (Wildman–Crippen LogP) is 2.57. The second-order valence-electron chi connectivity index (χ2n) is 4.37. The number of carbonyl (C=O) groups excluding carboxylic acids is 1. The monoisotopic (exact) mass is 310 g/mol. The molecule has 0 bridgehead atoms. The molecule has 1 atom stereocenters. The minimum Gasteiger partial charge on any atom is -0.355 e. The molecule has 3 N–H and O–H groups in total. The fourth-order valence-electron chi connectivity index (χ4n) is 1.97. The van der Waals surface area contributed by atoms with E-state index in [-0.39, 0.29) is 24.2 Å². The average Bonchev–Trinajstić information content (AvgIpc) is 2.94. The van der Waals surface area contributed by atoms with Gasteiger partial charge in [0.15, 0.2) is 0 Å². The Morgan fingerprint density at radius 2 is 2.00 bits per heavy atom. The first-order valence-electron chi connectivity index (χ1n) is 6.35. The average molecular weight is 311 g/mol. The molecule has 3 nitrogen and oxygen atoms in total. The molecule has 20 heavy (non-hydrogen) atoms. The van der Waals surface area contributed by atoms with Crippen molar-refractivity contribution in [2.75, 3.05) is 13.1 Å². The van der Waals surface area contributed by atoms with Crippen molar-refractivity contribution >= 4 is 29.7 Å². The van der Waals surface area contributed by atoms with Crippen molar-refractivity contribution in [3.63, 3.8) is 0 Å². The Labute approximate surface area is 129 Å². The highest BCUT2D eigenvalue weighted by Crippen LogP contribution is 2.14. The van der Waals surface area contributed by atoms with E-state index in [1.807, 2.05) is 35.7 Å². The van der Waals surface area contributed by atoms with Gasteiger partial charge in [-0.25, -0.2) is 0 Å². The number of nitrogens with two attached hydrogens (primary N) is 1. The van der Waals surface area contributed by atoms with E-state index in [1.54, 1.807) is 11.3 Å². The quantitative estimate of drug-likeness (QED) is 0.861. The van der Waals surface area contributed by atoms with E-state index in [1.165, 1.54) is 5.56 Å². The number of thiophene rings is 1. The molecular formula is C15H19ClN2OS. The van der Waals surface area contributed by atoms with E-state index in [2.05, 4.69) is 16.8 Å². The Morgan fingerprint density at radius 1 is 1.25 bits per heavy atom. The number of benzene rings is 1. The van der Waals surface area contributed by atoms with Crippen molar-refractivity contribution in [1.82, 2.24) is 5.32 Å². The Kier molecular flexibility index (Phi) is 7.30. The second-order valence-corrected chi connectivity index (χ2v) is 5.15. The topological polar surface area (TPSA) is 55.1 Å². The fourth-order valence-corrected chi connectivity index (χ4v) is 2.67. The van der Waals surface area contributed by atoms with Gasteiger partial charge in [0.1, 0.15) is 0 Å². The van der Waals surface area contributed by atoms with Crippen LogP contribution < -0.4 is 11.1 Å². The maximum absolute atomic E-state index is 12.1. The van der Waals surface area contributed by atoms with Crippen LogP contribution in [0.5, 0.6) is 0 Å². The Balaban J connectivity index is 0.00000200. The molecular weight excluding hydrogens is 292 g/mol. The van der Waals surface area contributed by atoms with Gasteiger partial charge in [-0.05, 0) is 34.4 Å². The van der Waals surface area contributed by atoms with Crippen molar-refractivity contribution in [2.24, 2.45) is 5.73 Å². The van der Waals surface area contributed by atoms with Gasteiger partial charge >= 0.3 is 0 Å². The standard InChI is InChI=1S/C15H18N2OS.ClH/c16-10-14(13-4-2-1-3-5-13)15(18)17-8-6-12-7-9-19-11-12;/h1-5,7,9,11,14H,6,8,10,16H2,(H,17,18);1H. The lowest BCUT2D eigenvalue weighted by Gasteiger charge is -2.15. The van der Waals surface area contributed by atoms with Gasteiger partial charge in [0.25, 0.3) is 0 Å². The fraction of sp³-hybridized carbons (Fsp3) is 0.267. The van der Waals surface area contributed by atoms with E-state index >= 15 is 0 Å². The number of amides is 1. The minimum absolute atomic E-state index is 0. The summed E-state index contributed by atoms with van der Waals surface area (Å²) in [4.78, 5) is 12.1. The normalized spacial score (nSPS) is 11.4. The molecule has 0 saturated heterocycles. The van der Waals surface area contributed by atoms with Gasteiger partial charge in [-0.1, -0.05) is 30.3 Å². The number of carbonyl (C=O) groups is 1. The zero-order chi connectivity index (χ0) is 13.5. The highest BCUT2D eigenvalue weighted by atomic mass is 35.5. The number of hydrogen-bond acceptors (Lipinski definition) is 3. The molecule has 2 rings (SSSR count). The SMILES string of the molecule is Cl.NCC(C(=O)NCCc1ccsc1)c1ccccc1. The van der Waals surface area contributed by atoms with Crippen LogP contribution in [-0.2, 0) is 11.2 Å². The molecule has 1 aromatic carbocycles. The number of halogens is 1. The summed E-state index contributed by atoms with van der Waals surface area (Å²) in [5, 5.41) is 7.10. The lowest BCUT2D eigenvalue weighted by Crippen LogP contribution is -2.34. The molecule has 1 amide bonds. The minimum atomic E-state index is -0.260. The van der Waals surface area contributed by atoms with Crippen LogP contribution >= 0.6 is 23.7 Å². The van der Waals surface area contributed by atoms with Gasteiger partial charge in [-0.3, -0.25) is 4.79 Å². The first kappa shape index (κ1) is 16.7. The van der Waals surface area contributed by atoms with Gasteiger partial charge in [0.05, 0.1) is 5.92 Å². The molecule has 0 spiro atoms. The molecule has 1 aromatic heterocycles. The van der Waals surface area contributed by atoms with E-state index < -0.39 is 0 Å². The van der Waals surface area contributed by atoms with Gasteiger partial charge in [-0.2, -0.15) is 11.3 Å². The van der Waals surface area contributed by atoms with Crippen LogP contribution in [0.15, 0.2) is 47.2 Å². The zero-order valence-corrected chi connectivity index (χ0v) is 12.8. The molecule has 5 heteroatoms. The summed E-state index contributed by atoms with van der Waals surface area (Å²) < 4.78 is 0. The predicted molar refractivity (Wildman–Crippen MR) is 86.5 cm³/mol. The van der Waals surface area contributed by atoms with Crippen LogP contribution in [0.2, 0.25) is 0 Å². The summed E-state index contributed by atoms with van der Waals surface area (Å²) >= 11 is 1.67. The molecule has 1 heterocycles. The Morgan fingerprint density at radius 3 is 2.60 bits per heavy atom. The van der Waals surface area contributed by atoms with Crippen LogP contribution in [0.3, 0.4) is 0 Å². The molecule has 0 aliphatic carbocycles. The first-order valence-corrected chi connectivity index (χ1v) is 7.29. The largest absolute Gasteiger partial charge is 0.355 e. The number of hydrogen-bond donors (Lipinski definition) is 2. The van der Waals surface area contributed by atoms with Crippen molar-refractivity contribution in [3.8, 4) is 0 Å². The summed E-state index contributed by atoms with van der Waals surface area (Å²) in [5.74, 6) is -0.257. The van der Waals surface area contributed by atoms with Crippen LogP contribution in [0.25, 0.3) is 0 Å². The summed E-state index contributed by atoms with van der Waals surface area (Å²) in [6, 6.07) is 11.7. The summed E-state index contributed by atoms with van der Waals surface area (Å²) in [5.41, 5.74) is 7.94. The van der Waals surface area contributed by atoms with E-state index in [0.717, 1.165) is 12.0 Å². The maximum atomic E-state index is 12.1. The Bertz CT molecular complexity index is 502. The Hall–Kier alpha value is -1.36. The molecule has 0 fully saturated rings. The van der Waals surface area contributed by atoms with Crippen LogP contribution in [0.4, 0.5) is 0 Å². The lowest BCUT2D eigenvalue weighted by molar-refractivity contribution is -0.122. The van der Waals surface area contributed by atoms with E-state index in [0.29, 0.717) is 13.1 Å². The summed E-state index contributed by atoms with van der Waals surface area (Å²) in [6.45, 7) is 0.979. The van der Waals surface area contributed by atoms with Gasteiger partial charge in [0, 0.05) is 13.1 Å². The number of rotatable bonds is 6. The smallest absolute Gasteiger partial charge is 0.228 e. The van der Waals surface area contributed by atoms with Gasteiger partial charge in [0.2, 0.25) is 5.91 Å². The highest BCUT2D eigenvalue weighted by Gasteiger charge is 2.17. The van der Waals surface area contributed by atoms with Crippen molar-refractivity contribution in [3.05, 3.63) is 58.3 Å². The van der Waals surface area contributed by atoms with Crippen molar-refractivity contribution in [1.29, 1.82) is 0 Å². The van der Waals surface area contributed by atoms with Crippen molar-refractivity contribution < 1.29 is 4.79 Å². The van der Waals surface area contributed by atoms with E-state index in [4.69, 9.17) is 5.73 Å². The molecule has 2 aromatic rings. The highest BCUT2D eigenvalue weighted by molar-refractivity contribution is 7.07. The third-order valence-corrected chi connectivity index (χ3v) is 3.78. The van der Waals surface area contributed by atoms with Crippen LogP contribution in [-0.4, -0.2) is 19.0 Å². The van der Waals surface area contributed by atoms with Crippen LogP contribution in [0, 0.1) is 0 Å². The summed E-state index contributed by atoms with van der Waals surface area (Å²) in [7, 11) is 0. The van der Waals surface area contributed by atoms with Crippen LogP contribution in [0.1, 0.15) is 17.0 Å². The van der Waals surface area contributed by atoms with Gasteiger partial charge < -0.3 is 11.1 Å². The van der Waals surface area contributed by atoms with E-state index in [9.17, 15) is 4.79 Å². The molecule has 0 radical (unpaired) electrons. The first-order chi connectivity index (χ1) is 9.31. The third kappa shape index (κ3) is 4.63. The molecule has 0 saturated carbocycles. The molecule has 1 unspecified atom stereocenters. The molecule has 108 valence electrons. The third-order valence-electron chi connectivity index (χ3n) is 3.05. The van der Waals surface area contributed by atoms with Crippen molar-refractivity contribution in [2.45, 2.75) is 12.3 Å².